The van der Waals surface area contributed by atoms with Gasteiger partial charge in [-0.1, -0.05) is 6.92 Å². The monoisotopic (exact) mass is 176 g/mol. The maximum atomic E-state index is 10.6. The van der Waals surface area contributed by atoms with Gasteiger partial charge in [0, 0.05) is 5.38 Å². The molecule has 0 unspecified atom stereocenters. The molecule has 1 rings (SSSR count). The van der Waals surface area contributed by atoms with Gasteiger partial charge in [-0.25, -0.2) is 0 Å². The Hall–Kier alpha value is -0.240. The van der Waals surface area contributed by atoms with E-state index in [4.69, 9.17) is 16.7 Å². The first-order valence-electron chi connectivity index (χ1n) is 3.98. The molecule has 0 aromatic carbocycles. The number of halogens is 1. The van der Waals surface area contributed by atoms with Gasteiger partial charge in [0.25, 0.3) is 0 Å². The van der Waals surface area contributed by atoms with Gasteiger partial charge in [0.2, 0.25) is 0 Å². The Morgan fingerprint density at radius 1 is 1.55 bits per heavy atom. The van der Waals surface area contributed by atoms with E-state index >= 15 is 0 Å². The quantitative estimate of drug-likeness (QED) is 0.622. The van der Waals surface area contributed by atoms with Crippen LogP contribution in [0.15, 0.2) is 0 Å². The molecule has 0 amide bonds. The van der Waals surface area contributed by atoms with E-state index < -0.39 is 5.97 Å². The lowest BCUT2D eigenvalue weighted by Crippen LogP contribution is -2.27. The van der Waals surface area contributed by atoms with Crippen molar-refractivity contribution in [2.24, 2.45) is 11.8 Å². The first-order chi connectivity index (χ1) is 5.11. The molecule has 2 nitrogen and oxygen atoms in total. The van der Waals surface area contributed by atoms with Crippen LogP contribution in [0.5, 0.6) is 0 Å². The molecule has 0 heterocycles. The topological polar surface area (TPSA) is 37.3 Å². The van der Waals surface area contributed by atoms with Crippen molar-refractivity contribution in [3.8, 4) is 0 Å². The predicted molar refractivity (Wildman–Crippen MR) is 43.8 cm³/mol. The minimum atomic E-state index is -0.666. The summed E-state index contributed by atoms with van der Waals surface area (Å²) < 4.78 is 0. The molecule has 1 aliphatic rings. The minimum absolute atomic E-state index is 0.153. The zero-order chi connectivity index (χ0) is 8.43. The van der Waals surface area contributed by atoms with Crippen molar-refractivity contribution < 1.29 is 9.90 Å². The molecule has 0 bridgehead atoms. The van der Waals surface area contributed by atoms with Crippen LogP contribution in [-0.4, -0.2) is 16.5 Å². The molecular formula is C8H13ClO2. The normalized spacial score (nSPS) is 38.5. The molecule has 1 aliphatic carbocycles. The first kappa shape index (κ1) is 8.85. The van der Waals surface area contributed by atoms with Crippen LogP contribution in [0.25, 0.3) is 0 Å². The molecule has 0 spiro atoms. The number of carbonyl (C=O) groups is 1. The van der Waals surface area contributed by atoms with Gasteiger partial charge in [-0.15, -0.1) is 11.6 Å². The maximum absolute atomic E-state index is 10.6. The van der Waals surface area contributed by atoms with Crippen molar-refractivity contribution in [3.05, 3.63) is 0 Å². The molecule has 11 heavy (non-hydrogen) atoms. The van der Waals surface area contributed by atoms with Crippen LogP contribution >= 0.6 is 11.6 Å². The molecule has 3 atom stereocenters. The fraction of sp³-hybridized carbons (Fsp3) is 0.875. The van der Waals surface area contributed by atoms with E-state index in [0.717, 1.165) is 19.3 Å². The molecule has 3 heteroatoms. The van der Waals surface area contributed by atoms with Gasteiger partial charge in [-0.2, -0.15) is 0 Å². The summed E-state index contributed by atoms with van der Waals surface area (Å²) in [4.78, 5) is 10.6. The summed E-state index contributed by atoms with van der Waals surface area (Å²) in [6.07, 6.45) is 2.33. The van der Waals surface area contributed by atoms with Gasteiger partial charge >= 0.3 is 5.97 Å². The zero-order valence-corrected chi connectivity index (χ0v) is 7.34. The lowest BCUT2D eigenvalue weighted by molar-refractivity contribution is -0.143. The van der Waals surface area contributed by atoms with Gasteiger partial charge in [0.1, 0.15) is 0 Å². The third-order valence-electron chi connectivity index (χ3n) is 2.41. The lowest BCUT2D eigenvalue weighted by Gasteiger charge is -2.27. The summed E-state index contributed by atoms with van der Waals surface area (Å²) in [5.41, 5.74) is 0. The van der Waals surface area contributed by atoms with Crippen molar-refractivity contribution in [2.45, 2.75) is 31.6 Å². The summed E-state index contributed by atoms with van der Waals surface area (Å²) in [6.45, 7) is 2.02. The smallest absolute Gasteiger partial charge is 0.306 e. The highest BCUT2D eigenvalue weighted by Gasteiger charge is 2.29. The molecule has 0 aromatic rings. The SMILES string of the molecule is C[C@@H]1C[C@H](C(=O)O)CC[C@@H]1Cl. The van der Waals surface area contributed by atoms with Crippen LogP contribution in [0.2, 0.25) is 0 Å². The lowest BCUT2D eigenvalue weighted by atomic mass is 9.82. The summed E-state index contributed by atoms with van der Waals surface area (Å²) in [5, 5.41) is 8.88. The second-order valence-corrected chi connectivity index (χ2v) is 3.90. The molecular weight excluding hydrogens is 164 g/mol. The molecule has 0 aromatic heterocycles. The summed E-state index contributed by atoms with van der Waals surface area (Å²) in [5.74, 6) is -0.466. The molecule has 1 fully saturated rings. The van der Waals surface area contributed by atoms with Crippen molar-refractivity contribution in [1.82, 2.24) is 0 Å². The molecule has 0 saturated heterocycles. The maximum Gasteiger partial charge on any atom is 0.306 e. The second kappa shape index (κ2) is 3.44. The number of alkyl halides is 1. The van der Waals surface area contributed by atoms with Crippen molar-refractivity contribution in [1.29, 1.82) is 0 Å². The van der Waals surface area contributed by atoms with E-state index in [1.165, 1.54) is 0 Å². The van der Waals surface area contributed by atoms with Gasteiger partial charge in [0.15, 0.2) is 0 Å². The van der Waals surface area contributed by atoms with E-state index in [1.807, 2.05) is 6.92 Å². The van der Waals surface area contributed by atoms with Crippen molar-refractivity contribution in [2.75, 3.05) is 0 Å². The standard InChI is InChI=1S/C8H13ClO2/c1-5-4-6(8(10)11)2-3-7(5)9/h5-7H,2-4H2,1H3,(H,10,11)/t5-,6-,7+/m1/s1. The Morgan fingerprint density at radius 2 is 2.18 bits per heavy atom. The molecule has 1 N–H and O–H groups in total. The molecule has 64 valence electrons. The first-order valence-corrected chi connectivity index (χ1v) is 4.41. The molecule has 0 aliphatic heterocycles. The van der Waals surface area contributed by atoms with Crippen molar-refractivity contribution >= 4 is 17.6 Å². The second-order valence-electron chi connectivity index (χ2n) is 3.34. The van der Waals surface area contributed by atoms with Crippen LogP contribution in [-0.2, 0) is 4.79 Å². The highest BCUT2D eigenvalue weighted by Crippen LogP contribution is 2.32. The van der Waals surface area contributed by atoms with Gasteiger partial charge in [0.05, 0.1) is 5.92 Å². The summed E-state index contributed by atoms with van der Waals surface area (Å²) in [6, 6.07) is 0. The van der Waals surface area contributed by atoms with E-state index in [9.17, 15) is 4.79 Å². The van der Waals surface area contributed by atoms with Crippen LogP contribution in [0.4, 0.5) is 0 Å². The zero-order valence-electron chi connectivity index (χ0n) is 6.59. The number of carboxylic acids is 1. The molecule has 0 radical (unpaired) electrons. The summed E-state index contributed by atoms with van der Waals surface area (Å²) in [7, 11) is 0. The Morgan fingerprint density at radius 3 is 2.64 bits per heavy atom. The fourth-order valence-corrected chi connectivity index (χ4v) is 1.81. The van der Waals surface area contributed by atoms with Gasteiger partial charge < -0.3 is 5.11 Å². The van der Waals surface area contributed by atoms with Gasteiger partial charge in [-0.05, 0) is 25.2 Å². The highest BCUT2D eigenvalue weighted by molar-refractivity contribution is 6.20. The van der Waals surface area contributed by atoms with Crippen LogP contribution < -0.4 is 0 Å². The van der Waals surface area contributed by atoms with E-state index in [1.54, 1.807) is 0 Å². The Bertz CT molecular complexity index is 158. The van der Waals surface area contributed by atoms with Gasteiger partial charge in [-0.3, -0.25) is 4.79 Å². The minimum Gasteiger partial charge on any atom is -0.481 e. The third kappa shape index (κ3) is 2.09. The number of carboxylic acid groups (broad SMARTS) is 1. The number of aliphatic carboxylic acids is 1. The fourth-order valence-electron chi connectivity index (χ4n) is 1.58. The highest BCUT2D eigenvalue weighted by atomic mass is 35.5. The Kier molecular flexibility index (Phi) is 2.77. The van der Waals surface area contributed by atoms with Crippen LogP contribution in [0.1, 0.15) is 26.2 Å². The van der Waals surface area contributed by atoms with Crippen molar-refractivity contribution in [3.63, 3.8) is 0 Å². The Labute approximate surface area is 71.5 Å². The van der Waals surface area contributed by atoms with E-state index in [0.29, 0.717) is 5.92 Å². The predicted octanol–water partition coefficient (Wildman–Crippen LogP) is 2.11. The number of rotatable bonds is 1. The largest absolute Gasteiger partial charge is 0.481 e. The van der Waals surface area contributed by atoms with Crippen LogP contribution in [0.3, 0.4) is 0 Å². The molecule has 1 saturated carbocycles. The average molecular weight is 177 g/mol. The summed E-state index contributed by atoms with van der Waals surface area (Å²) >= 11 is 5.94. The van der Waals surface area contributed by atoms with Crippen LogP contribution in [0, 0.1) is 11.8 Å². The average Bonchev–Trinajstić information content (AvgIpc) is 1.94. The third-order valence-corrected chi connectivity index (χ3v) is 3.06. The Balaban J connectivity index is 2.46. The van der Waals surface area contributed by atoms with E-state index in [2.05, 4.69) is 0 Å². The van der Waals surface area contributed by atoms with E-state index in [-0.39, 0.29) is 11.3 Å². The number of hydrogen-bond donors (Lipinski definition) is 1. The number of hydrogen-bond acceptors (Lipinski definition) is 1.